The molecule has 0 radical (unpaired) electrons. The van der Waals surface area contributed by atoms with Crippen molar-refractivity contribution in [1.29, 1.82) is 0 Å². The smallest absolute Gasteiger partial charge is 0.389 e. The number of halogens is 6. The second-order valence-corrected chi connectivity index (χ2v) is 6.09. The Kier molecular flexibility index (Phi) is 9.30. The highest BCUT2D eigenvalue weighted by Crippen LogP contribution is 2.35. The van der Waals surface area contributed by atoms with Crippen molar-refractivity contribution in [3.05, 3.63) is 0 Å². The van der Waals surface area contributed by atoms with E-state index in [2.05, 4.69) is 10.1 Å². The number of methoxy groups -OCH3 is 1. The van der Waals surface area contributed by atoms with Gasteiger partial charge in [0, 0.05) is 7.11 Å². The number of carbonyl (C=O) groups excluding carboxylic acids is 1. The van der Waals surface area contributed by atoms with Crippen LogP contribution in [0, 0.1) is 0 Å². The molecule has 6 nitrogen and oxygen atoms in total. The summed E-state index contributed by atoms with van der Waals surface area (Å²) in [5, 5.41) is 12.3. The van der Waals surface area contributed by atoms with Gasteiger partial charge in [-0.25, -0.2) is 0 Å². The van der Waals surface area contributed by atoms with Crippen molar-refractivity contribution in [1.82, 2.24) is 5.32 Å². The molecule has 0 rings (SSSR count). The predicted molar refractivity (Wildman–Crippen MR) is 79.2 cm³/mol. The molecule has 0 aromatic heterocycles. The summed E-state index contributed by atoms with van der Waals surface area (Å²) in [6, 6.07) is -1.16. The standard InChI is InChI=1S/C14H24F6N2O4/c1-12(2,25-3)11(24)22-8(5-4-6-21)9(23)7-26-10(13(15,16)17)14(18,19)20/h8-10,23H,4-7,21H2,1-3H3,(H,22,24). The first-order chi connectivity index (χ1) is 11.7. The second-order valence-electron chi connectivity index (χ2n) is 6.09. The Bertz CT molecular complexity index is 428. The molecule has 0 saturated heterocycles. The van der Waals surface area contributed by atoms with Crippen molar-refractivity contribution in [3.63, 3.8) is 0 Å². The summed E-state index contributed by atoms with van der Waals surface area (Å²) in [4.78, 5) is 12.1. The van der Waals surface area contributed by atoms with E-state index in [9.17, 15) is 36.2 Å². The van der Waals surface area contributed by atoms with E-state index in [4.69, 9.17) is 10.5 Å². The normalized spacial score (nSPS) is 15.8. The average Bonchev–Trinajstić information content (AvgIpc) is 2.48. The highest BCUT2D eigenvalue weighted by Gasteiger charge is 2.58. The van der Waals surface area contributed by atoms with Crippen molar-refractivity contribution in [3.8, 4) is 0 Å². The van der Waals surface area contributed by atoms with Crippen LogP contribution in [0.25, 0.3) is 0 Å². The van der Waals surface area contributed by atoms with Gasteiger partial charge >= 0.3 is 12.4 Å². The summed E-state index contributed by atoms with van der Waals surface area (Å²) >= 11 is 0. The number of rotatable bonds is 10. The zero-order chi connectivity index (χ0) is 20.8. The topological polar surface area (TPSA) is 93.8 Å². The highest BCUT2D eigenvalue weighted by atomic mass is 19.4. The monoisotopic (exact) mass is 398 g/mol. The van der Waals surface area contributed by atoms with Crippen LogP contribution in [0.3, 0.4) is 0 Å². The van der Waals surface area contributed by atoms with E-state index in [0.29, 0.717) is 0 Å². The van der Waals surface area contributed by atoms with Crippen molar-refractivity contribution in [2.45, 2.75) is 62.9 Å². The summed E-state index contributed by atoms with van der Waals surface area (Å²) in [7, 11) is 1.24. The molecule has 0 aromatic carbocycles. The van der Waals surface area contributed by atoms with E-state index in [1.54, 1.807) is 0 Å². The maximum Gasteiger partial charge on any atom is 0.423 e. The quantitative estimate of drug-likeness (QED) is 0.485. The van der Waals surface area contributed by atoms with Crippen molar-refractivity contribution in [2.24, 2.45) is 5.73 Å². The van der Waals surface area contributed by atoms with Gasteiger partial charge in [0.25, 0.3) is 5.91 Å². The van der Waals surface area contributed by atoms with Crippen LogP contribution in [0.4, 0.5) is 26.3 Å². The molecule has 0 aliphatic carbocycles. The van der Waals surface area contributed by atoms with Gasteiger partial charge in [-0.2, -0.15) is 26.3 Å². The van der Waals surface area contributed by atoms with Crippen molar-refractivity contribution >= 4 is 5.91 Å². The van der Waals surface area contributed by atoms with Crippen LogP contribution < -0.4 is 11.1 Å². The Morgan fingerprint density at radius 1 is 1.15 bits per heavy atom. The molecule has 0 saturated carbocycles. The molecule has 0 spiro atoms. The summed E-state index contributed by atoms with van der Waals surface area (Å²) in [5.74, 6) is -0.704. The average molecular weight is 398 g/mol. The van der Waals surface area contributed by atoms with Crippen LogP contribution in [0.5, 0.6) is 0 Å². The van der Waals surface area contributed by atoms with Gasteiger partial charge in [-0.05, 0) is 33.2 Å². The molecule has 0 fully saturated rings. The van der Waals surface area contributed by atoms with E-state index in [-0.39, 0.29) is 19.4 Å². The van der Waals surface area contributed by atoms with Crippen LogP contribution in [-0.4, -0.2) is 67.5 Å². The maximum absolute atomic E-state index is 12.5. The van der Waals surface area contributed by atoms with Crippen LogP contribution in [-0.2, 0) is 14.3 Å². The molecule has 0 aliphatic rings. The Hall–Kier alpha value is -1.11. The highest BCUT2D eigenvalue weighted by molar-refractivity contribution is 5.84. The fraction of sp³-hybridized carbons (Fsp3) is 0.929. The van der Waals surface area contributed by atoms with Gasteiger partial charge in [-0.15, -0.1) is 0 Å². The molecule has 0 bridgehead atoms. The Morgan fingerprint density at radius 3 is 2.04 bits per heavy atom. The minimum Gasteiger partial charge on any atom is -0.389 e. The third-order valence-corrected chi connectivity index (χ3v) is 3.59. The van der Waals surface area contributed by atoms with E-state index < -0.39 is 48.7 Å². The molecule has 156 valence electrons. The van der Waals surface area contributed by atoms with Crippen LogP contribution in [0.2, 0.25) is 0 Å². The third-order valence-electron chi connectivity index (χ3n) is 3.59. The van der Waals surface area contributed by atoms with Gasteiger partial charge in [0.05, 0.1) is 18.8 Å². The molecule has 2 atom stereocenters. The predicted octanol–water partition coefficient (Wildman–Crippen LogP) is 1.51. The minimum atomic E-state index is -5.69. The fourth-order valence-corrected chi connectivity index (χ4v) is 1.82. The number of amides is 1. The number of nitrogens with two attached hydrogens (primary N) is 1. The van der Waals surface area contributed by atoms with Crippen LogP contribution >= 0.6 is 0 Å². The summed E-state index contributed by atoms with van der Waals surface area (Å²) in [5.41, 5.74) is 3.99. The second kappa shape index (κ2) is 9.72. The molecule has 0 heterocycles. The zero-order valence-electron chi connectivity index (χ0n) is 14.6. The lowest BCUT2D eigenvalue weighted by molar-refractivity contribution is -0.325. The first-order valence-electron chi connectivity index (χ1n) is 7.66. The van der Waals surface area contributed by atoms with Gasteiger partial charge in [0.1, 0.15) is 5.60 Å². The SMILES string of the molecule is COC(C)(C)C(=O)NC(CCCN)C(O)COC(C(F)(F)F)C(F)(F)F. The number of carbonyl (C=O) groups is 1. The number of aliphatic hydroxyl groups excluding tert-OH is 1. The fourth-order valence-electron chi connectivity index (χ4n) is 1.82. The molecule has 0 aliphatic heterocycles. The van der Waals surface area contributed by atoms with Gasteiger partial charge in [-0.3, -0.25) is 4.79 Å². The lowest BCUT2D eigenvalue weighted by Gasteiger charge is -2.30. The Morgan fingerprint density at radius 2 is 1.65 bits per heavy atom. The largest absolute Gasteiger partial charge is 0.423 e. The van der Waals surface area contributed by atoms with Gasteiger partial charge in [-0.1, -0.05) is 0 Å². The number of nitrogens with one attached hydrogen (secondary N) is 1. The van der Waals surface area contributed by atoms with E-state index in [1.165, 1.54) is 21.0 Å². The number of hydrogen-bond acceptors (Lipinski definition) is 5. The third kappa shape index (κ3) is 8.06. The molecular formula is C14H24F6N2O4. The molecule has 2 unspecified atom stereocenters. The van der Waals surface area contributed by atoms with E-state index >= 15 is 0 Å². The number of alkyl halides is 6. The van der Waals surface area contributed by atoms with Crippen LogP contribution in [0.1, 0.15) is 26.7 Å². The number of aliphatic hydroxyl groups is 1. The summed E-state index contributed by atoms with van der Waals surface area (Å²) < 4.78 is 83.5. The summed E-state index contributed by atoms with van der Waals surface area (Å²) in [6.07, 6.45) is -16.9. The van der Waals surface area contributed by atoms with Crippen molar-refractivity contribution in [2.75, 3.05) is 20.3 Å². The number of ether oxygens (including phenoxy) is 2. The maximum atomic E-state index is 12.5. The number of hydrogen-bond donors (Lipinski definition) is 3. The van der Waals surface area contributed by atoms with Crippen LogP contribution in [0.15, 0.2) is 0 Å². The Labute approximate surface area is 147 Å². The summed E-state index contributed by atoms with van der Waals surface area (Å²) in [6.45, 7) is 1.65. The van der Waals surface area contributed by atoms with Gasteiger partial charge < -0.3 is 25.6 Å². The lowest BCUT2D eigenvalue weighted by atomic mass is 10.0. The molecule has 1 amide bonds. The first-order valence-corrected chi connectivity index (χ1v) is 7.66. The Balaban J connectivity index is 5.08. The minimum absolute atomic E-state index is 0.0231. The molecule has 0 aromatic rings. The molecule has 12 heteroatoms. The zero-order valence-corrected chi connectivity index (χ0v) is 14.6. The molecule has 26 heavy (non-hydrogen) atoms. The first kappa shape index (κ1) is 24.9. The van der Waals surface area contributed by atoms with Crippen molar-refractivity contribution < 1.29 is 45.7 Å². The van der Waals surface area contributed by atoms with E-state index in [0.717, 1.165) is 0 Å². The molecular weight excluding hydrogens is 374 g/mol. The van der Waals surface area contributed by atoms with E-state index in [1.807, 2.05) is 0 Å². The van der Waals surface area contributed by atoms with Gasteiger partial charge in [0.15, 0.2) is 0 Å². The lowest BCUT2D eigenvalue weighted by Crippen LogP contribution is -2.53. The molecule has 4 N–H and O–H groups in total. The van der Waals surface area contributed by atoms with Gasteiger partial charge in [0.2, 0.25) is 6.10 Å².